The first-order chi connectivity index (χ1) is 15.6. The van der Waals surface area contributed by atoms with Crippen molar-refractivity contribution in [2.45, 2.75) is 163 Å². The Kier molecular flexibility index (Phi) is 29.6. The van der Waals surface area contributed by atoms with Gasteiger partial charge in [0.2, 0.25) is 0 Å². The molecule has 0 saturated heterocycles. The molecule has 0 N–H and O–H groups in total. The lowest BCUT2D eigenvalue weighted by Gasteiger charge is -2.40. The van der Waals surface area contributed by atoms with Gasteiger partial charge in [-0.2, -0.15) is 12.6 Å². The summed E-state index contributed by atoms with van der Waals surface area (Å²) in [5.41, 5.74) is 0. The molecule has 1 atom stereocenters. The molecule has 0 bridgehead atoms. The smallest absolute Gasteiger partial charge is 0.170 e. The van der Waals surface area contributed by atoms with Crippen molar-refractivity contribution < 1.29 is 9.47 Å². The Hall–Kier alpha value is 0.270. The fourth-order valence-corrected chi connectivity index (χ4v) is 4.74. The predicted molar refractivity (Wildman–Crippen MR) is 149 cm³/mol. The Bertz CT molecular complexity index is 321. The van der Waals surface area contributed by atoms with Gasteiger partial charge in [0.05, 0.1) is 0 Å². The second kappa shape index (κ2) is 27.5. The zero-order chi connectivity index (χ0) is 24.3. The zero-order valence-electron chi connectivity index (χ0n) is 23.2. The molecule has 0 aliphatic rings. The van der Waals surface area contributed by atoms with Gasteiger partial charge in [-0.15, -0.1) is 0 Å². The van der Waals surface area contributed by atoms with Crippen molar-refractivity contribution in [2.75, 3.05) is 19.0 Å². The zero-order valence-corrected chi connectivity index (χ0v) is 24.1. The van der Waals surface area contributed by atoms with Gasteiger partial charge in [-0.05, 0) is 45.3 Å². The molecule has 0 heterocycles. The van der Waals surface area contributed by atoms with Crippen molar-refractivity contribution in [1.29, 1.82) is 0 Å². The summed E-state index contributed by atoms with van der Waals surface area (Å²) >= 11 is 4.39. The van der Waals surface area contributed by atoms with Crippen LogP contribution in [-0.4, -0.2) is 24.8 Å². The average Bonchev–Trinajstić information content (AvgIpc) is 2.80. The first-order valence-electron chi connectivity index (χ1n) is 14.5. The average molecular weight is 475 g/mol. The number of ether oxygens (including phenoxy) is 2. The van der Waals surface area contributed by atoms with E-state index in [9.17, 15) is 0 Å². The van der Waals surface area contributed by atoms with E-state index >= 15 is 0 Å². The molecule has 196 valence electrons. The summed E-state index contributed by atoms with van der Waals surface area (Å²) in [5, 5.41) is 0. The normalized spacial score (nSPS) is 12.5. The van der Waals surface area contributed by atoms with Crippen molar-refractivity contribution in [1.82, 2.24) is 0 Å². The number of hydrogen-bond acceptors (Lipinski definition) is 3. The Morgan fingerprint density at radius 3 is 1.25 bits per heavy atom. The third kappa shape index (κ3) is 19.7. The molecule has 0 rings (SSSR count). The van der Waals surface area contributed by atoms with Crippen LogP contribution in [0.25, 0.3) is 0 Å². The third-order valence-electron chi connectivity index (χ3n) is 6.47. The topological polar surface area (TPSA) is 18.5 Å². The quantitative estimate of drug-likeness (QED) is 0.0901. The maximum absolute atomic E-state index is 6.13. The maximum atomic E-state index is 6.13. The van der Waals surface area contributed by atoms with E-state index in [0.717, 1.165) is 38.2 Å². The number of unbranched alkanes of at least 4 members (excludes halogenated alkanes) is 12. The molecule has 32 heavy (non-hydrogen) atoms. The SMILES string of the molecule is CCCCCCCCC(CCCS)C(CC)(OCC)OCC.CCCCCCCCCC. The van der Waals surface area contributed by atoms with Gasteiger partial charge in [0.15, 0.2) is 5.79 Å². The molecule has 1 unspecified atom stereocenters. The van der Waals surface area contributed by atoms with Gasteiger partial charge in [0.1, 0.15) is 0 Å². The molecule has 0 aromatic carbocycles. The molecule has 3 heteroatoms. The van der Waals surface area contributed by atoms with Crippen LogP contribution >= 0.6 is 12.6 Å². The molecule has 2 nitrogen and oxygen atoms in total. The highest BCUT2D eigenvalue weighted by Crippen LogP contribution is 2.35. The van der Waals surface area contributed by atoms with Gasteiger partial charge in [-0.1, -0.05) is 118 Å². The summed E-state index contributed by atoms with van der Waals surface area (Å²) in [6.07, 6.45) is 24.0. The van der Waals surface area contributed by atoms with E-state index in [-0.39, 0.29) is 5.79 Å². The summed E-state index contributed by atoms with van der Waals surface area (Å²) in [6, 6.07) is 0. The lowest BCUT2D eigenvalue weighted by molar-refractivity contribution is -0.267. The largest absolute Gasteiger partial charge is 0.350 e. The number of thiol groups is 1. The van der Waals surface area contributed by atoms with Gasteiger partial charge < -0.3 is 9.47 Å². The summed E-state index contributed by atoms with van der Waals surface area (Å²) in [6.45, 7) is 14.6. The number of rotatable bonds is 23. The van der Waals surface area contributed by atoms with E-state index in [1.807, 2.05) is 0 Å². The van der Waals surface area contributed by atoms with Crippen molar-refractivity contribution in [3.63, 3.8) is 0 Å². The van der Waals surface area contributed by atoms with Gasteiger partial charge in [0.25, 0.3) is 0 Å². The standard InChI is InChI=1S/C19H40O2S.C10H22/c1-5-9-10-11-12-13-15-18(16-14-17-22)19(6-2,20-7-3)21-8-4;1-3-5-7-9-10-8-6-4-2/h18,22H,5-17H2,1-4H3;3-10H2,1-2H3. The molecule has 0 fully saturated rings. The van der Waals surface area contributed by atoms with Crippen LogP contribution in [0.3, 0.4) is 0 Å². The van der Waals surface area contributed by atoms with E-state index in [4.69, 9.17) is 9.47 Å². The minimum Gasteiger partial charge on any atom is -0.350 e. The fourth-order valence-electron chi connectivity index (χ4n) is 4.56. The molecule has 0 aromatic rings. The van der Waals surface area contributed by atoms with E-state index in [2.05, 4.69) is 54.2 Å². The molecule has 0 radical (unpaired) electrons. The number of hydrogen-bond donors (Lipinski definition) is 1. The highest BCUT2D eigenvalue weighted by atomic mass is 32.1. The molecule has 0 saturated carbocycles. The Morgan fingerprint density at radius 2 is 0.906 bits per heavy atom. The summed E-state index contributed by atoms with van der Waals surface area (Å²) < 4.78 is 12.3. The van der Waals surface area contributed by atoms with E-state index in [1.165, 1.54) is 96.3 Å². The summed E-state index contributed by atoms with van der Waals surface area (Å²) in [5.74, 6) is 1.07. The van der Waals surface area contributed by atoms with Crippen LogP contribution in [0.5, 0.6) is 0 Å². The van der Waals surface area contributed by atoms with Crippen molar-refractivity contribution in [3.05, 3.63) is 0 Å². The molecule has 0 aliphatic carbocycles. The summed E-state index contributed by atoms with van der Waals surface area (Å²) in [7, 11) is 0. The second-order valence-electron chi connectivity index (χ2n) is 9.27. The first-order valence-corrected chi connectivity index (χ1v) is 15.1. The fraction of sp³-hybridized carbons (Fsp3) is 1.00. The Labute approximate surface area is 209 Å². The molecule has 0 aromatic heterocycles. The molecular weight excluding hydrogens is 412 g/mol. The van der Waals surface area contributed by atoms with Gasteiger partial charge in [0, 0.05) is 19.1 Å². The first kappa shape index (κ1) is 34.4. The van der Waals surface area contributed by atoms with Gasteiger partial charge in [-0.3, -0.25) is 0 Å². The Balaban J connectivity index is 0. The molecular formula is C29H62O2S. The minimum atomic E-state index is -0.379. The maximum Gasteiger partial charge on any atom is 0.170 e. The van der Waals surface area contributed by atoms with E-state index in [0.29, 0.717) is 5.92 Å². The predicted octanol–water partition coefficient (Wildman–Crippen LogP) is 10.4. The lowest BCUT2D eigenvalue weighted by atomic mass is 9.86. The van der Waals surface area contributed by atoms with Gasteiger partial charge >= 0.3 is 0 Å². The van der Waals surface area contributed by atoms with Crippen LogP contribution < -0.4 is 0 Å². The molecule has 0 spiro atoms. The molecule has 0 aliphatic heterocycles. The highest BCUT2D eigenvalue weighted by Gasteiger charge is 2.38. The van der Waals surface area contributed by atoms with Crippen molar-refractivity contribution >= 4 is 12.6 Å². The second-order valence-corrected chi connectivity index (χ2v) is 9.72. The summed E-state index contributed by atoms with van der Waals surface area (Å²) in [4.78, 5) is 0. The van der Waals surface area contributed by atoms with Gasteiger partial charge in [-0.25, -0.2) is 0 Å². The molecule has 0 amide bonds. The van der Waals surface area contributed by atoms with E-state index in [1.54, 1.807) is 0 Å². The Morgan fingerprint density at radius 1 is 0.531 bits per heavy atom. The van der Waals surface area contributed by atoms with Crippen LogP contribution in [0.15, 0.2) is 0 Å². The van der Waals surface area contributed by atoms with Crippen LogP contribution in [0.2, 0.25) is 0 Å². The van der Waals surface area contributed by atoms with Crippen molar-refractivity contribution in [3.8, 4) is 0 Å². The van der Waals surface area contributed by atoms with Crippen LogP contribution in [-0.2, 0) is 9.47 Å². The van der Waals surface area contributed by atoms with Crippen molar-refractivity contribution in [2.24, 2.45) is 5.92 Å². The monoisotopic (exact) mass is 474 g/mol. The van der Waals surface area contributed by atoms with Crippen LogP contribution in [0.1, 0.15) is 157 Å². The minimum absolute atomic E-state index is 0.379. The van der Waals surface area contributed by atoms with Crippen LogP contribution in [0, 0.1) is 5.92 Å². The third-order valence-corrected chi connectivity index (χ3v) is 6.78. The highest BCUT2D eigenvalue weighted by molar-refractivity contribution is 7.80. The van der Waals surface area contributed by atoms with Crippen LogP contribution in [0.4, 0.5) is 0 Å². The van der Waals surface area contributed by atoms with E-state index < -0.39 is 0 Å². The lowest BCUT2D eigenvalue weighted by Crippen LogP contribution is -2.43.